The monoisotopic (exact) mass is 367 g/mol. The van der Waals surface area contributed by atoms with Crippen LogP contribution in [0.4, 0.5) is 0 Å². The summed E-state index contributed by atoms with van der Waals surface area (Å²) in [5.41, 5.74) is 3.38. The molecule has 2 aromatic rings. The van der Waals surface area contributed by atoms with E-state index in [1.807, 2.05) is 24.3 Å². The zero-order valence-electron chi connectivity index (χ0n) is 12.4. The van der Waals surface area contributed by atoms with Crippen molar-refractivity contribution in [3.8, 4) is 5.75 Å². The van der Waals surface area contributed by atoms with E-state index in [-0.39, 0.29) is 6.04 Å². The molecule has 0 bridgehead atoms. The molecule has 0 saturated heterocycles. The van der Waals surface area contributed by atoms with Crippen LogP contribution in [0.25, 0.3) is 0 Å². The second-order valence-corrected chi connectivity index (χ2v) is 6.29. The van der Waals surface area contributed by atoms with Gasteiger partial charge < -0.3 is 10.1 Å². The number of nitrogens with one attached hydrogen (secondary N) is 1. The molecule has 0 aliphatic rings. The van der Waals surface area contributed by atoms with E-state index in [0.717, 1.165) is 38.5 Å². The zero-order valence-corrected chi connectivity index (χ0v) is 14.8. The van der Waals surface area contributed by atoms with E-state index in [1.54, 1.807) is 7.11 Å². The third-order valence-corrected chi connectivity index (χ3v) is 4.02. The highest BCUT2D eigenvalue weighted by Crippen LogP contribution is 2.33. The lowest BCUT2D eigenvalue weighted by atomic mass is 9.96. The molecule has 1 N–H and O–H groups in total. The smallest absolute Gasteiger partial charge is 0.124 e. The average molecular weight is 369 g/mol. The van der Waals surface area contributed by atoms with E-state index in [9.17, 15) is 0 Å². The van der Waals surface area contributed by atoms with Gasteiger partial charge in [0.2, 0.25) is 0 Å². The topological polar surface area (TPSA) is 21.3 Å². The Kier molecular flexibility index (Phi) is 5.68. The fourth-order valence-corrected chi connectivity index (χ4v) is 3.15. The Hall–Kier alpha value is -1.03. The van der Waals surface area contributed by atoms with Gasteiger partial charge in [-0.3, -0.25) is 0 Å². The molecule has 2 nitrogen and oxygen atoms in total. The van der Waals surface area contributed by atoms with E-state index < -0.39 is 0 Å². The van der Waals surface area contributed by atoms with E-state index in [2.05, 4.69) is 47.2 Å². The summed E-state index contributed by atoms with van der Waals surface area (Å²) in [4.78, 5) is 0. The number of benzene rings is 2. The van der Waals surface area contributed by atoms with Crippen molar-refractivity contribution < 1.29 is 4.74 Å². The number of ether oxygens (including phenoxy) is 1. The highest BCUT2D eigenvalue weighted by molar-refractivity contribution is 9.10. The van der Waals surface area contributed by atoms with Crippen LogP contribution < -0.4 is 10.1 Å². The molecule has 0 aromatic heterocycles. The maximum atomic E-state index is 6.22. The normalized spacial score (nSPS) is 12.2. The SMILES string of the molecule is CCNC(c1cc(C)cc(Cl)c1)c1cc(Br)ccc1OC. The molecule has 0 fully saturated rings. The Bertz CT molecular complexity index is 610. The summed E-state index contributed by atoms with van der Waals surface area (Å²) < 4.78 is 6.54. The van der Waals surface area contributed by atoms with Gasteiger partial charge in [-0.15, -0.1) is 0 Å². The number of halogens is 2. The largest absolute Gasteiger partial charge is 0.496 e. The van der Waals surface area contributed by atoms with Crippen LogP contribution in [0, 0.1) is 6.92 Å². The minimum Gasteiger partial charge on any atom is -0.496 e. The van der Waals surface area contributed by atoms with Crippen molar-refractivity contribution in [2.75, 3.05) is 13.7 Å². The van der Waals surface area contributed by atoms with E-state index in [0.29, 0.717) is 0 Å². The summed E-state index contributed by atoms with van der Waals surface area (Å²) in [6.07, 6.45) is 0. The predicted molar refractivity (Wildman–Crippen MR) is 92.4 cm³/mol. The molecule has 0 aliphatic heterocycles. The first-order valence-corrected chi connectivity index (χ1v) is 8.06. The van der Waals surface area contributed by atoms with Gasteiger partial charge in [0.25, 0.3) is 0 Å². The first-order valence-electron chi connectivity index (χ1n) is 6.89. The van der Waals surface area contributed by atoms with Crippen LogP contribution >= 0.6 is 27.5 Å². The molecular weight excluding hydrogens is 350 g/mol. The molecule has 0 saturated carbocycles. The summed E-state index contributed by atoms with van der Waals surface area (Å²) in [6, 6.07) is 12.2. The van der Waals surface area contributed by atoms with Crippen LogP contribution in [0.1, 0.15) is 29.7 Å². The van der Waals surface area contributed by atoms with Gasteiger partial charge in [0.05, 0.1) is 13.2 Å². The number of hydrogen-bond acceptors (Lipinski definition) is 2. The molecule has 0 heterocycles. The van der Waals surface area contributed by atoms with Crippen LogP contribution in [0.3, 0.4) is 0 Å². The van der Waals surface area contributed by atoms with E-state index in [1.165, 1.54) is 0 Å². The molecule has 0 aliphatic carbocycles. The Morgan fingerprint density at radius 2 is 2.00 bits per heavy atom. The first-order chi connectivity index (χ1) is 10.0. The Morgan fingerprint density at radius 1 is 1.24 bits per heavy atom. The van der Waals surface area contributed by atoms with Crippen molar-refractivity contribution in [1.82, 2.24) is 5.32 Å². The molecule has 21 heavy (non-hydrogen) atoms. The standard InChI is InChI=1S/C17H19BrClNO/c1-4-20-17(12-7-11(2)8-14(19)9-12)15-10-13(18)5-6-16(15)21-3/h5-10,17,20H,4H2,1-3H3. The summed E-state index contributed by atoms with van der Waals surface area (Å²) in [7, 11) is 1.69. The number of hydrogen-bond donors (Lipinski definition) is 1. The highest BCUT2D eigenvalue weighted by atomic mass is 79.9. The van der Waals surface area contributed by atoms with Crippen LogP contribution in [0.15, 0.2) is 40.9 Å². The molecule has 1 unspecified atom stereocenters. The molecule has 4 heteroatoms. The van der Waals surface area contributed by atoms with Crippen LogP contribution in [-0.4, -0.2) is 13.7 Å². The maximum absolute atomic E-state index is 6.22. The molecule has 0 radical (unpaired) electrons. The molecule has 0 spiro atoms. The lowest BCUT2D eigenvalue weighted by molar-refractivity contribution is 0.404. The second-order valence-electron chi connectivity index (χ2n) is 4.94. The fraction of sp³-hybridized carbons (Fsp3) is 0.294. The van der Waals surface area contributed by atoms with Crippen molar-refractivity contribution >= 4 is 27.5 Å². The lowest BCUT2D eigenvalue weighted by Crippen LogP contribution is -2.22. The number of methoxy groups -OCH3 is 1. The third kappa shape index (κ3) is 4.00. The van der Waals surface area contributed by atoms with E-state index in [4.69, 9.17) is 16.3 Å². The molecule has 2 rings (SSSR count). The van der Waals surface area contributed by atoms with Crippen molar-refractivity contribution in [2.24, 2.45) is 0 Å². The van der Waals surface area contributed by atoms with Gasteiger partial charge in [-0.05, 0) is 54.9 Å². The van der Waals surface area contributed by atoms with Crippen molar-refractivity contribution in [3.63, 3.8) is 0 Å². The quantitative estimate of drug-likeness (QED) is 0.791. The van der Waals surface area contributed by atoms with Gasteiger partial charge in [-0.2, -0.15) is 0 Å². The van der Waals surface area contributed by atoms with Crippen LogP contribution in [0.5, 0.6) is 5.75 Å². The van der Waals surface area contributed by atoms with E-state index >= 15 is 0 Å². The highest BCUT2D eigenvalue weighted by Gasteiger charge is 2.18. The summed E-state index contributed by atoms with van der Waals surface area (Å²) in [5.74, 6) is 0.863. The van der Waals surface area contributed by atoms with Crippen molar-refractivity contribution in [3.05, 3.63) is 62.6 Å². The number of rotatable bonds is 5. The van der Waals surface area contributed by atoms with Gasteiger partial charge >= 0.3 is 0 Å². The van der Waals surface area contributed by atoms with Gasteiger partial charge in [-0.1, -0.05) is 40.5 Å². The Balaban J connectivity index is 2.55. The van der Waals surface area contributed by atoms with Crippen molar-refractivity contribution in [2.45, 2.75) is 19.9 Å². The lowest BCUT2D eigenvalue weighted by Gasteiger charge is -2.22. The molecule has 1 atom stereocenters. The maximum Gasteiger partial charge on any atom is 0.124 e. The van der Waals surface area contributed by atoms with Gasteiger partial charge in [0.15, 0.2) is 0 Å². The zero-order chi connectivity index (χ0) is 15.4. The average Bonchev–Trinajstić information content (AvgIpc) is 2.43. The minimum atomic E-state index is 0.0415. The van der Waals surface area contributed by atoms with Gasteiger partial charge in [-0.25, -0.2) is 0 Å². The molecule has 0 amide bonds. The molecule has 2 aromatic carbocycles. The number of aryl methyl sites for hydroxylation is 1. The second kappa shape index (κ2) is 7.30. The Morgan fingerprint density at radius 3 is 2.62 bits per heavy atom. The Labute approximate surface area is 139 Å². The predicted octanol–water partition coefficient (Wildman–Crippen LogP) is 5.12. The summed E-state index contributed by atoms with van der Waals surface area (Å²) in [5, 5.41) is 4.26. The summed E-state index contributed by atoms with van der Waals surface area (Å²) >= 11 is 9.76. The fourth-order valence-electron chi connectivity index (χ4n) is 2.47. The van der Waals surface area contributed by atoms with Gasteiger partial charge in [0, 0.05) is 15.1 Å². The van der Waals surface area contributed by atoms with Crippen LogP contribution in [0.2, 0.25) is 5.02 Å². The first kappa shape index (κ1) is 16.3. The minimum absolute atomic E-state index is 0.0415. The summed E-state index contributed by atoms with van der Waals surface area (Å²) in [6.45, 7) is 5.00. The van der Waals surface area contributed by atoms with Crippen LogP contribution in [-0.2, 0) is 0 Å². The third-order valence-electron chi connectivity index (χ3n) is 3.31. The van der Waals surface area contributed by atoms with Gasteiger partial charge in [0.1, 0.15) is 5.75 Å². The molecule has 112 valence electrons. The van der Waals surface area contributed by atoms with Crippen molar-refractivity contribution in [1.29, 1.82) is 0 Å². The molecular formula is C17H19BrClNO.